The van der Waals surface area contributed by atoms with E-state index < -0.39 is 0 Å². The van der Waals surface area contributed by atoms with Crippen molar-refractivity contribution in [2.45, 2.75) is 39.7 Å². The molecule has 0 spiro atoms. The number of hydrogen-bond acceptors (Lipinski definition) is 2. The highest BCUT2D eigenvalue weighted by Crippen LogP contribution is 2.37. The zero-order valence-electron chi connectivity index (χ0n) is 11.8. The lowest BCUT2D eigenvalue weighted by Crippen LogP contribution is -2.38. The van der Waals surface area contributed by atoms with Gasteiger partial charge < -0.3 is 15.7 Å². The zero-order chi connectivity index (χ0) is 14.0. The fourth-order valence-corrected chi connectivity index (χ4v) is 3.18. The summed E-state index contributed by atoms with van der Waals surface area (Å²) in [6.45, 7) is 7.14. The second-order valence-electron chi connectivity index (χ2n) is 5.24. The Morgan fingerprint density at radius 2 is 2.11 bits per heavy atom. The van der Waals surface area contributed by atoms with E-state index in [4.69, 9.17) is 17.3 Å². The molecule has 1 aromatic carbocycles. The smallest absolute Gasteiger partial charge is 0.166 e. The summed E-state index contributed by atoms with van der Waals surface area (Å²) < 4.78 is 0. The minimum atomic E-state index is 0.0975. The van der Waals surface area contributed by atoms with E-state index in [2.05, 4.69) is 37.5 Å². The van der Waals surface area contributed by atoms with Gasteiger partial charge in [0.15, 0.2) is 5.11 Å². The highest BCUT2D eigenvalue weighted by molar-refractivity contribution is 7.80. The van der Waals surface area contributed by atoms with Crippen LogP contribution in [0.5, 0.6) is 0 Å². The van der Waals surface area contributed by atoms with Crippen molar-refractivity contribution >= 4 is 17.3 Å². The average Bonchev–Trinajstić information content (AvgIpc) is 2.78. The molecule has 0 fully saturated rings. The monoisotopic (exact) mass is 278 g/mol. The van der Waals surface area contributed by atoms with Crippen molar-refractivity contribution in [3.05, 3.63) is 33.9 Å². The van der Waals surface area contributed by atoms with E-state index in [1.165, 1.54) is 27.8 Å². The quantitative estimate of drug-likeness (QED) is 0.741. The normalized spacial score (nSPS) is 17.2. The van der Waals surface area contributed by atoms with E-state index in [9.17, 15) is 0 Å². The summed E-state index contributed by atoms with van der Waals surface area (Å²) in [5.74, 6) is 0. The molecule has 0 bridgehead atoms. The summed E-state index contributed by atoms with van der Waals surface area (Å²) in [7, 11) is 0. The van der Waals surface area contributed by atoms with Crippen LogP contribution in [-0.2, 0) is 6.42 Å². The molecule has 0 aromatic heterocycles. The molecule has 1 unspecified atom stereocenters. The van der Waals surface area contributed by atoms with Crippen molar-refractivity contribution in [3.63, 3.8) is 0 Å². The standard InChI is InChI=1S/C15H22N2OS/c1-9-8-10(2)12-4-5-13(14(12)11(9)3)17-15(19)16-6-7-18/h8,13,18H,4-7H2,1-3H3,(H2,16,17,19). The second-order valence-corrected chi connectivity index (χ2v) is 5.65. The number of hydrogen-bond donors (Lipinski definition) is 3. The topological polar surface area (TPSA) is 44.3 Å². The van der Waals surface area contributed by atoms with Gasteiger partial charge >= 0.3 is 0 Å². The molecule has 1 aliphatic rings. The number of benzene rings is 1. The molecule has 0 heterocycles. The number of aryl methyl sites for hydroxylation is 2. The van der Waals surface area contributed by atoms with Crippen LogP contribution >= 0.6 is 12.2 Å². The fraction of sp³-hybridized carbons (Fsp3) is 0.533. The SMILES string of the molecule is Cc1cc(C)c2c(c1C)C(NC(=S)NCCO)CC2. The molecule has 0 saturated heterocycles. The maximum Gasteiger partial charge on any atom is 0.166 e. The first-order chi connectivity index (χ1) is 9.04. The summed E-state index contributed by atoms with van der Waals surface area (Å²) in [4.78, 5) is 0. The van der Waals surface area contributed by atoms with Crippen LogP contribution in [0.25, 0.3) is 0 Å². The Balaban J connectivity index is 2.19. The zero-order valence-corrected chi connectivity index (χ0v) is 12.7. The molecular weight excluding hydrogens is 256 g/mol. The van der Waals surface area contributed by atoms with Crippen LogP contribution in [0.2, 0.25) is 0 Å². The number of rotatable bonds is 3. The molecule has 0 radical (unpaired) electrons. The van der Waals surface area contributed by atoms with Crippen LogP contribution in [0, 0.1) is 20.8 Å². The minimum Gasteiger partial charge on any atom is -0.395 e. The highest BCUT2D eigenvalue weighted by Gasteiger charge is 2.26. The third kappa shape index (κ3) is 2.90. The van der Waals surface area contributed by atoms with Gasteiger partial charge in [0.25, 0.3) is 0 Å². The van der Waals surface area contributed by atoms with Crippen molar-refractivity contribution in [2.75, 3.05) is 13.2 Å². The first kappa shape index (κ1) is 14.3. The number of nitrogens with one attached hydrogen (secondary N) is 2. The molecule has 3 N–H and O–H groups in total. The Kier molecular flexibility index (Phi) is 4.42. The lowest BCUT2D eigenvalue weighted by atomic mass is 9.94. The molecule has 19 heavy (non-hydrogen) atoms. The number of thiocarbonyl (C=S) groups is 1. The maximum atomic E-state index is 8.80. The molecular formula is C15H22N2OS. The molecule has 2 rings (SSSR count). The lowest BCUT2D eigenvalue weighted by molar-refractivity contribution is 0.300. The van der Waals surface area contributed by atoms with E-state index in [1.54, 1.807) is 0 Å². The van der Waals surface area contributed by atoms with Crippen LogP contribution in [0.4, 0.5) is 0 Å². The summed E-state index contributed by atoms with van der Waals surface area (Å²) in [6, 6.07) is 2.58. The first-order valence-corrected chi connectivity index (χ1v) is 7.20. The minimum absolute atomic E-state index is 0.0975. The van der Waals surface area contributed by atoms with Crippen molar-refractivity contribution in [2.24, 2.45) is 0 Å². The van der Waals surface area contributed by atoms with Gasteiger partial charge in [-0.15, -0.1) is 0 Å². The van der Waals surface area contributed by atoms with Gasteiger partial charge in [0.1, 0.15) is 0 Å². The van der Waals surface area contributed by atoms with Crippen LogP contribution in [0.1, 0.15) is 40.3 Å². The molecule has 104 valence electrons. The molecule has 1 aliphatic carbocycles. The van der Waals surface area contributed by atoms with Gasteiger partial charge in [0, 0.05) is 6.54 Å². The lowest BCUT2D eigenvalue weighted by Gasteiger charge is -2.20. The second kappa shape index (κ2) is 5.88. The molecule has 3 nitrogen and oxygen atoms in total. The molecule has 0 aliphatic heterocycles. The predicted octanol–water partition coefficient (Wildman–Crippen LogP) is 2.06. The molecule has 1 aromatic rings. The van der Waals surface area contributed by atoms with Crippen molar-refractivity contribution < 1.29 is 5.11 Å². The van der Waals surface area contributed by atoms with Crippen LogP contribution in [-0.4, -0.2) is 23.4 Å². The van der Waals surface area contributed by atoms with E-state index in [0.29, 0.717) is 17.7 Å². The van der Waals surface area contributed by atoms with Crippen LogP contribution < -0.4 is 10.6 Å². The van der Waals surface area contributed by atoms with Gasteiger partial charge in [-0.2, -0.15) is 0 Å². The third-order valence-corrected chi connectivity index (χ3v) is 4.23. The van der Waals surface area contributed by atoms with Crippen molar-refractivity contribution in [3.8, 4) is 0 Å². The third-order valence-electron chi connectivity index (χ3n) is 3.96. The molecule has 1 atom stereocenters. The van der Waals surface area contributed by atoms with Gasteiger partial charge in [-0.1, -0.05) is 6.07 Å². The summed E-state index contributed by atoms with van der Waals surface area (Å²) in [6.07, 6.45) is 2.20. The number of aliphatic hydroxyl groups is 1. The molecule has 0 saturated carbocycles. The van der Waals surface area contributed by atoms with Gasteiger partial charge in [-0.05, 0) is 73.6 Å². The van der Waals surface area contributed by atoms with E-state index >= 15 is 0 Å². The van der Waals surface area contributed by atoms with E-state index in [-0.39, 0.29) is 6.61 Å². The van der Waals surface area contributed by atoms with E-state index in [0.717, 1.165) is 12.8 Å². The summed E-state index contributed by atoms with van der Waals surface area (Å²) >= 11 is 5.26. The largest absolute Gasteiger partial charge is 0.395 e. The van der Waals surface area contributed by atoms with Crippen molar-refractivity contribution in [1.29, 1.82) is 0 Å². The summed E-state index contributed by atoms with van der Waals surface area (Å²) in [5, 5.41) is 15.8. The number of aliphatic hydroxyl groups excluding tert-OH is 1. The van der Waals surface area contributed by atoms with Gasteiger partial charge in [0.2, 0.25) is 0 Å². The maximum absolute atomic E-state index is 8.80. The highest BCUT2D eigenvalue weighted by atomic mass is 32.1. The molecule has 4 heteroatoms. The Bertz CT molecular complexity index is 499. The van der Waals surface area contributed by atoms with Gasteiger partial charge in [-0.25, -0.2) is 0 Å². The fourth-order valence-electron chi connectivity index (χ4n) is 2.93. The van der Waals surface area contributed by atoms with Crippen LogP contribution in [0.3, 0.4) is 0 Å². The molecule has 0 amide bonds. The summed E-state index contributed by atoms with van der Waals surface area (Å²) in [5.41, 5.74) is 7.01. The van der Waals surface area contributed by atoms with Crippen molar-refractivity contribution in [1.82, 2.24) is 10.6 Å². The Morgan fingerprint density at radius 3 is 2.79 bits per heavy atom. The van der Waals surface area contributed by atoms with Gasteiger partial charge in [-0.3, -0.25) is 0 Å². The van der Waals surface area contributed by atoms with Gasteiger partial charge in [0.05, 0.1) is 12.6 Å². The predicted molar refractivity (Wildman–Crippen MR) is 82.5 cm³/mol. The number of fused-ring (bicyclic) bond motifs is 1. The Hall–Kier alpha value is -1.13. The first-order valence-electron chi connectivity index (χ1n) is 6.79. The van der Waals surface area contributed by atoms with E-state index in [1.807, 2.05) is 0 Å². The Labute approximate surface area is 120 Å². The van der Waals surface area contributed by atoms with Crippen LogP contribution in [0.15, 0.2) is 6.07 Å². The average molecular weight is 278 g/mol. The Morgan fingerprint density at radius 1 is 1.37 bits per heavy atom.